The van der Waals surface area contributed by atoms with Crippen LogP contribution >= 0.6 is 23.2 Å². The van der Waals surface area contributed by atoms with Crippen molar-refractivity contribution in [3.8, 4) is 11.5 Å². The predicted molar refractivity (Wildman–Crippen MR) is 108 cm³/mol. The zero-order valence-corrected chi connectivity index (χ0v) is 17.3. The van der Waals surface area contributed by atoms with Gasteiger partial charge in [0.05, 0.1) is 5.92 Å². The Morgan fingerprint density at radius 1 is 1.07 bits per heavy atom. The highest BCUT2D eigenvalue weighted by molar-refractivity contribution is 6.48. The number of carbonyl (C=O) groups excluding carboxylic acids is 1. The Balaban J connectivity index is 1.57. The Morgan fingerprint density at radius 2 is 1.74 bits per heavy atom. The molecule has 2 unspecified atom stereocenters. The van der Waals surface area contributed by atoms with Crippen molar-refractivity contribution in [2.24, 2.45) is 17.3 Å². The quantitative estimate of drug-likeness (QED) is 0.395. The number of esters is 1. The zero-order valence-electron chi connectivity index (χ0n) is 15.7. The summed E-state index contributed by atoms with van der Waals surface area (Å²) in [5.41, 5.74) is 0.742. The first-order valence-corrected chi connectivity index (χ1v) is 9.79. The lowest BCUT2D eigenvalue weighted by atomic mass is 10.1. The van der Waals surface area contributed by atoms with Crippen LogP contribution in [0.4, 0.5) is 0 Å². The molecule has 0 N–H and O–H groups in total. The molecule has 1 aliphatic carbocycles. The molecule has 2 aromatic rings. The highest BCUT2D eigenvalue weighted by Crippen LogP contribution is 2.62. The van der Waals surface area contributed by atoms with Gasteiger partial charge in [0, 0.05) is 0 Å². The number of halogens is 2. The maximum atomic E-state index is 12.5. The average Bonchev–Trinajstić information content (AvgIpc) is 3.12. The number of benzene rings is 2. The van der Waals surface area contributed by atoms with Crippen LogP contribution in [0, 0.1) is 17.3 Å². The highest BCUT2D eigenvalue weighted by atomic mass is 35.5. The van der Waals surface area contributed by atoms with Crippen LogP contribution in [0.1, 0.15) is 32.8 Å². The van der Waals surface area contributed by atoms with Crippen LogP contribution in [-0.2, 0) is 16.1 Å². The molecule has 0 aliphatic heterocycles. The third-order valence-electron chi connectivity index (χ3n) is 5.14. The molecule has 0 spiro atoms. The number of ether oxygens (including phenoxy) is 2. The minimum absolute atomic E-state index is 0.137. The summed E-state index contributed by atoms with van der Waals surface area (Å²) in [6, 6.07) is 17.1. The number of hydrogen-bond acceptors (Lipinski definition) is 3. The molecule has 1 aliphatic rings. The van der Waals surface area contributed by atoms with Crippen molar-refractivity contribution < 1.29 is 14.3 Å². The van der Waals surface area contributed by atoms with Crippen LogP contribution in [0.25, 0.3) is 0 Å². The molecule has 3 rings (SSSR count). The van der Waals surface area contributed by atoms with Gasteiger partial charge in [0.25, 0.3) is 0 Å². The van der Waals surface area contributed by atoms with E-state index in [4.69, 9.17) is 32.7 Å². The maximum absolute atomic E-state index is 12.5. The van der Waals surface area contributed by atoms with Crippen LogP contribution in [0.3, 0.4) is 0 Å². The fraction of sp³-hybridized carbons (Fsp3) is 0.409. The molecule has 2 aromatic carbocycles. The summed E-state index contributed by atoms with van der Waals surface area (Å²) < 4.78 is 10.5. The topological polar surface area (TPSA) is 35.5 Å². The molecule has 2 atom stereocenters. The van der Waals surface area contributed by atoms with E-state index in [-0.39, 0.29) is 29.8 Å². The summed E-state index contributed by atoms with van der Waals surface area (Å²) in [4.78, 5) is 12.5. The minimum Gasteiger partial charge on any atom is -0.461 e. The third kappa shape index (κ3) is 5.18. The Hall–Kier alpha value is -1.71. The third-order valence-corrected chi connectivity index (χ3v) is 5.45. The van der Waals surface area contributed by atoms with Gasteiger partial charge in [-0.05, 0) is 54.5 Å². The Morgan fingerprint density at radius 3 is 2.41 bits per heavy atom. The van der Waals surface area contributed by atoms with Crippen molar-refractivity contribution in [2.45, 2.75) is 38.1 Å². The SMILES string of the molecule is CC(Cl)(Cl)CC1C(C(=O)OCc2cccc(Oc3ccccc3)c2)C1(C)C. The highest BCUT2D eigenvalue weighted by Gasteiger charge is 2.63. The van der Waals surface area contributed by atoms with Crippen LogP contribution in [-0.4, -0.2) is 10.3 Å². The smallest absolute Gasteiger partial charge is 0.310 e. The molecule has 27 heavy (non-hydrogen) atoms. The van der Waals surface area contributed by atoms with E-state index in [9.17, 15) is 4.79 Å². The first-order chi connectivity index (χ1) is 12.7. The molecule has 0 amide bonds. The molecule has 0 radical (unpaired) electrons. The summed E-state index contributed by atoms with van der Waals surface area (Å²) >= 11 is 12.2. The van der Waals surface area contributed by atoms with Crippen molar-refractivity contribution >= 4 is 29.2 Å². The summed E-state index contributed by atoms with van der Waals surface area (Å²) in [7, 11) is 0. The average molecular weight is 407 g/mol. The van der Waals surface area contributed by atoms with Crippen molar-refractivity contribution in [1.82, 2.24) is 0 Å². The normalized spacial score (nSPS) is 20.8. The number of alkyl halides is 2. The van der Waals surface area contributed by atoms with E-state index in [1.807, 2.05) is 54.6 Å². The molecule has 0 aromatic heterocycles. The van der Waals surface area contributed by atoms with Crippen molar-refractivity contribution in [1.29, 1.82) is 0 Å². The van der Waals surface area contributed by atoms with Crippen molar-refractivity contribution in [2.75, 3.05) is 0 Å². The molecule has 1 fully saturated rings. The second-order valence-electron chi connectivity index (χ2n) is 7.85. The second-order valence-corrected chi connectivity index (χ2v) is 9.71. The van der Waals surface area contributed by atoms with Gasteiger partial charge in [-0.1, -0.05) is 44.2 Å². The molecule has 0 heterocycles. The molecular weight excluding hydrogens is 383 g/mol. The van der Waals surface area contributed by atoms with E-state index < -0.39 is 4.33 Å². The monoisotopic (exact) mass is 406 g/mol. The van der Waals surface area contributed by atoms with Crippen LogP contribution < -0.4 is 4.74 Å². The lowest BCUT2D eigenvalue weighted by Gasteiger charge is -2.13. The van der Waals surface area contributed by atoms with E-state index in [2.05, 4.69) is 13.8 Å². The fourth-order valence-corrected chi connectivity index (χ4v) is 3.88. The number of rotatable bonds is 7. The zero-order chi connectivity index (χ0) is 19.7. The largest absolute Gasteiger partial charge is 0.461 e. The van der Waals surface area contributed by atoms with E-state index in [0.717, 1.165) is 11.3 Å². The standard InChI is InChI=1S/C22H24Cl2O3/c1-21(2)18(13-22(3,23)24)19(21)20(25)26-14-15-8-7-11-17(12-15)27-16-9-5-4-6-10-16/h4-12,18-19H,13-14H2,1-3H3. The Bertz CT molecular complexity index is 797. The van der Waals surface area contributed by atoms with E-state index in [1.54, 1.807) is 6.92 Å². The van der Waals surface area contributed by atoms with Gasteiger partial charge in [-0.25, -0.2) is 0 Å². The molecule has 3 nitrogen and oxygen atoms in total. The number of para-hydroxylation sites is 1. The maximum Gasteiger partial charge on any atom is 0.310 e. The first kappa shape index (κ1) is 20.0. The lowest BCUT2D eigenvalue weighted by Crippen LogP contribution is -2.12. The minimum atomic E-state index is -0.833. The van der Waals surface area contributed by atoms with Crippen LogP contribution in [0.15, 0.2) is 54.6 Å². The van der Waals surface area contributed by atoms with Crippen LogP contribution in [0.5, 0.6) is 11.5 Å². The molecule has 5 heteroatoms. The van der Waals surface area contributed by atoms with Gasteiger partial charge in [0.2, 0.25) is 0 Å². The first-order valence-electron chi connectivity index (χ1n) is 9.03. The van der Waals surface area contributed by atoms with Gasteiger partial charge >= 0.3 is 5.97 Å². The van der Waals surface area contributed by atoms with E-state index >= 15 is 0 Å². The van der Waals surface area contributed by atoms with E-state index in [0.29, 0.717) is 12.2 Å². The molecular formula is C22H24Cl2O3. The predicted octanol–water partition coefficient (Wildman–Crippen LogP) is 6.38. The summed E-state index contributed by atoms with van der Waals surface area (Å²) in [5.74, 6) is 1.24. The van der Waals surface area contributed by atoms with Gasteiger partial charge < -0.3 is 9.47 Å². The van der Waals surface area contributed by atoms with Gasteiger partial charge in [-0.2, -0.15) is 0 Å². The summed E-state index contributed by atoms with van der Waals surface area (Å²) in [6.07, 6.45) is 0.573. The van der Waals surface area contributed by atoms with Crippen molar-refractivity contribution in [3.05, 3.63) is 60.2 Å². The van der Waals surface area contributed by atoms with Gasteiger partial charge in [-0.15, -0.1) is 23.2 Å². The molecule has 0 saturated heterocycles. The number of hydrogen-bond donors (Lipinski definition) is 0. The molecule has 1 saturated carbocycles. The van der Waals surface area contributed by atoms with Gasteiger partial charge in [-0.3, -0.25) is 4.79 Å². The van der Waals surface area contributed by atoms with Crippen molar-refractivity contribution in [3.63, 3.8) is 0 Å². The summed E-state index contributed by atoms with van der Waals surface area (Å²) in [6.45, 7) is 6.07. The van der Waals surface area contributed by atoms with Gasteiger partial charge in [0.15, 0.2) is 0 Å². The Kier molecular flexibility index (Phi) is 5.73. The lowest BCUT2D eigenvalue weighted by molar-refractivity contribution is -0.147. The Labute approximate surface area is 170 Å². The molecule has 144 valence electrons. The summed E-state index contributed by atoms with van der Waals surface area (Å²) in [5, 5.41) is 0. The second kappa shape index (κ2) is 7.73. The number of carbonyl (C=O) groups is 1. The van der Waals surface area contributed by atoms with Gasteiger partial charge in [0.1, 0.15) is 22.4 Å². The van der Waals surface area contributed by atoms with Crippen LogP contribution in [0.2, 0.25) is 0 Å². The molecule has 0 bridgehead atoms. The fourth-order valence-electron chi connectivity index (χ4n) is 3.55. The van der Waals surface area contributed by atoms with E-state index in [1.165, 1.54) is 0 Å².